The van der Waals surface area contributed by atoms with Gasteiger partial charge in [-0.15, -0.1) is 0 Å². The van der Waals surface area contributed by atoms with E-state index in [0.717, 1.165) is 6.07 Å². The number of hydrogen-bond acceptors (Lipinski definition) is 4. The first-order valence-electron chi connectivity index (χ1n) is 8.61. The van der Waals surface area contributed by atoms with E-state index in [1.807, 2.05) is 0 Å². The Labute approximate surface area is 149 Å². The molecule has 1 aromatic rings. The molecule has 6 nitrogen and oxygen atoms in total. The van der Waals surface area contributed by atoms with Crippen molar-refractivity contribution in [3.05, 3.63) is 34.9 Å². The second-order valence-electron chi connectivity index (χ2n) is 7.00. The van der Waals surface area contributed by atoms with Gasteiger partial charge in [0, 0.05) is 24.8 Å². The molecule has 26 heavy (non-hydrogen) atoms. The lowest BCUT2D eigenvalue weighted by molar-refractivity contribution is -0.145. The van der Waals surface area contributed by atoms with Crippen molar-refractivity contribution in [2.24, 2.45) is 11.5 Å². The number of nitrogens with two attached hydrogens (primary N) is 2. The van der Waals surface area contributed by atoms with Crippen LogP contribution in [0, 0.1) is 11.6 Å². The first-order valence-corrected chi connectivity index (χ1v) is 8.61. The summed E-state index contributed by atoms with van der Waals surface area (Å²) in [6.07, 6.45) is 1.48. The molecule has 3 rings (SSSR count). The molecule has 2 aliphatic rings. The maximum absolute atomic E-state index is 13.6. The smallest absolute Gasteiger partial charge is 0.240 e. The first-order chi connectivity index (χ1) is 12.3. The second-order valence-corrected chi connectivity index (χ2v) is 7.00. The van der Waals surface area contributed by atoms with Crippen molar-refractivity contribution >= 4 is 17.6 Å². The Kier molecular flexibility index (Phi) is 5.04. The number of carbonyl (C=O) groups is 3. The molecule has 4 N–H and O–H groups in total. The van der Waals surface area contributed by atoms with Crippen LogP contribution in [0.2, 0.25) is 0 Å². The van der Waals surface area contributed by atoms with Crippen molar-refractivity contribution in [2.45, 2.75) is 50.1 Å². The van der Waals surface area contributed by atoms with Gasteiger partial charge in [0.15, 0.2) is 17.4 Å². The third-order valence-corrected chi connectivity index (χ3v) is 5.30. The number of benzene rings is 1. The van der Waals surface area contributed by atoms with Crippen LogP contribution in [0.1, 0.15) is 42.7 Å². The zero-order chi connectivity index (χ0) is 19.0. The average molecular weight is 365 g/mol. The summed E-state index contributed by atoms with van der Waals surface area (Å²) in [7, 11) is 0. The SMILES string of the molecule is NC(=O)[C@@H]1CCC(=O)CN1C(=O)C[C@H](N)[C@H]1CCc2cc(F)c(F)cc21. The summed E-state index contributed by atoms with van der Waals surface area (Å²) < 4.78 is 26.9. The highest BCUT2D eigenvalue weighted by Gasteiger charge is 2.36. The van der Waals surface area contributed by atoms with Crippen molar-refractivity contribution in [3.63, 3.8) is 0 Å². The van der Waals surface area contributed by atoms with Gasteiger partial charge in [0.2, 0.25) is 11.8 Å². The number of aryl methyl sites for hydroxylation is 1. The number of ketones is 1. The zero-order valence-corrected chi connectivity index (χ0v) is 14.2. The molecule has 1 heterocycles. The quantitative estimate of drug-likeness (QED) is 0.821. The number of halogens is 2. The molecule has 8 heteroatoms. The highest BCUT2D eigenvalue weighted by atomic mass is 19.2. The molecular formula is C18H21F2N3O3. The van der Waals surface area contributed by atoms with Gasteiger partial charge in [-0.25, -0.2) is 8.78 Å². The minimum absolute atomic E-state index is 0.0971. The highest BCUT2D eigenvalue weighted by Crippen LogP contribution is 2.37. The van der Waals surface area contributed by atoms with Crippen LogP contribution in [0.3, 0.4) is 0 Å². The summed E-state index contributed by atoms with van der Waals surface area (Å²) in [6.45, 7) is -0.153. The lowest BCUT2D eigenvalue weighted by Crippen LogP contribution is -2.54. The van der Waals surface area contributed by atoms with Crippen molar-refractivity contribution in [3.8, 4) is 0 Å². The molecule has 1 aliphatic heterocycles. The van der Waals surface area contributed by atoms with Gasteiger partial charge in [0.25, 0.3) is 0 Å². The van der Waals surface area contributed by atoms with Gasteiger partial charge in [-0.1, -0.05) is 0 Å². The number of fused-ring (bicyclic) bond motifs is 1. The van der Waals surface area contributed by atoms with Crippen LogP contribution in [-0.4, -0.2) is 41.1 Å². The summed E-state index contributed by atoms with van der Waals surface area (Å²) in [4.78, 5) is 37.0. The van der Waals surface area contributed by atoms with E-state index in [-0.39, 0.29) is 37.5 Å². The maximum atomic E-state index is 13.6. The lowest BCUT2D eigenvalue weighted by Gasteiger charge is -2.34. The van der Waals surface area contributed by atoms with Gasteiger partial charge >= 0.3 is 0 Å². The number of carbonyl (C=O) groups excluding carboxylic acids is 3. The van der Waals surface area contributed by atoms with Crippen molar-refractivity contribution in [2.75, 3.05) is 6.54 Å². The number of primary amides is 1. The van der Waals surface area contributed by atoms with Gasteiger partial charge in [-0.3, -0.25) is 14.4 Å². The van der Waals surface area contributed by atoms with E-state index in [4.69, 9.17) is 11.5 Å². The van der Waals surface area contributed by atoms with Crippen LogP contribution in [0.15, 0.2) is 12.1 Å². The number of hydrogen-bond donors (Lipinski definition) is 2. The predicted molar refractivity (Wildman–Crippen MR) is 88.9 cm³/mol. The fraction of sp³-hybridized carbons (Fsp3) is 0.500. The Bertz CT molecular complexity index is 768. The fourth-order valence-electron chi connectivity index (χ4n) is 3.93. The Balaban J connectivity index is 1.73. The number of amides is 2. The molecule has 0 saturated carbocycles. The van der Waals surface area contributed by atoms with E-state index in [0.29, 0.717) is 24.0 Å². The van der Waals surface area contributed by atoms with Crippen LogP contribution < -0.4 is 11.5 Å². The topological polar surface area (TPSA) is 106 Å². The van der Waals surface area contributed by atoms with E-state index < -0.39 is 35.5 Å². The van der Waals surface area contributed by atoms with E-state index in [1.165, 1.54) is 11.0 Å². The number of likely N-dealkylation sites (tertiary alicyclic amines) is 1. The number of Topliss-reactive ketones (excluding diaryl/α,β-unsaturated/α-hetero) is 1. The Morgan fingerprint density at radius 2 is 1.88 bits per heavy atom. The van der Waals surface area contributed by atoms with Gasteiger partial charge in [0.1, 0.15) is 6.04 Å². The van der Waals surface area contributed by atoms with Crippen molar-refractivity contribution < 1.29 is 23.2 Å². The van der Waals surface area contributed by atoms with Crippen LogP contribution >= 0.6 is 0 Å². The van der Waals surface area contributed by atoms with Crippen molar-refractivity contribution in [1.29, 1.82) is 0 Å². The van der Waals surface area contributed by atoms with Crippen LogP contribution in [-0.2, 0) is 20.8 Å². The van der Waals surface area contributed by atoms with Gasteiger partial charge < -0.3 is 16.4 Å². The standard InChI is InChI=1S/C18H21F2N3O3/c19-13-5-9-1-3-11(12(9)6-14(13)20)15(21)7-17(25)23-8-10(24)2-4-16(23)18(22)26/h5-6,11,15-16H,1-4,7-8,21H2,(H2,22,26)/t11-,15-,16-/m0/s1. The molecule has 1 aromatic carbocycles. The molecule has 0 aromatic heterocycles. The monoisotopic (exact) mass is 365 g/mol. The van der Waals surface area contributed by atoms with Gasteiger partial charge in [0.05, 0.1) is 6.54 Å². The molecule has 1 fully saturated rings. The third kappa shape index (κ3) is 3.46. The summed E-state index contributed by atoms with van der Waals surface area (Å²) in [6, 6.07) is 0.878. The lowest BCUT2D eigenvalue weighted by atomic mass is 9.90. The maximum Gasteiger partial charge on any atom is 0.240 e. The predicted octanol–water partition coefficient (Wildman–Crippen LogP) is 0.757. The van der Waals surface area contributed by atoms with E-state index in [1.54, 1.807) is 0 Å². The molecule has 0 spiro atoms. The second kappa shape index (κ2) is 7.11. The van der Waals surface area contributed by atoms with Crippen LogP contribution in [0.4, 0.5) is 8.78 Å². The summed E-state index contributed by atoms with van der Waals surface area (Å²) in [5.74, 6) is -3.33. The minimum Gasteiger partial charge on any atom is -0.368 e. The minimum atomic E-state index is -0.940. The summed E-state index contributed by atoms with van der Waals surface area (Å²) in [5.41, 5.74) is 12.8. The number of nitrogens with zero attached hydrogens (tertiary/aromatic N) is 1. The van der Waals surface area contributed by atoms with E-state index in [2.05, 4.69) is 0 Å². The normalized spacial score (nSPS) is 23.7. The Morgan fingerprint density at radius 3 is 2.58 bits per heavy atom. The first kappa shape index (κ1) is 18.4. The molecule has 0 bridgehead atoms. The molecule has 1 aliphatic carbocycles. The average Bonchev–Trinajstić information content (AvgIpc) is 2.97. The van der Waals surface area contributed by atoms with E-state index in [9.17, 15) is 23.2 Å². The highest BCUT2D eigenvalue weighted by molar-refractivity contribution is 5.93. The number of rotatable bonds is 4. The van der Waals surface area contributed by atoms with Gasteiger partial charge in [-0.05, 0) is 42.5 Å². The zero-order valence-electron chi connectivity index (χ0n) is 14.2. The van der Waals surface area contributed by atoms with Crippen molar-refractivity contribution in [1.82, 2.24) is 4.90 Å². The fourth-order valence-corrected chi connectivity index (χ4v) is 3.93. The molecule has 1 saturated heterocycles. The van der Waals surface area contributed by atoms with Gasteiger partial charge in [-0.2, -0.15) is 0 Å². The summed E-state index contributed by atoms with van der Waals surface area (Å²) in [5, 5.41) is 0. The largest absolute Gasteiger partial charge is 0.368 e. The molecular weight excluding hydrogens is 344 g/mol. The summed E-state index contributed by atoms with van der Waals surface area (Å²) >= 11 is 0. The molecule has 2 amide bonds. The molecule has 0 unspecified atom stereocenters. The van der Waals surface area contributed by atoms with Crippen LogP contribution in [0.5, 0.6) is 0 Å². The third-order valence-electron chi connectivity index (χ3n) is 5.30. The Morgan fingerprint density at radius 1 is 1.19 bits per heavy atom. The van der Waals surface area contributed by atoms with Crippen LogP contribution in [0.25, 0.3) is 0 Å². The Hall–Kier alpha value is -2.35. The van der Waals surface area contributed by atoms with E-state index >= 15 is 0 Å². The number of piperidine rings is 1. The molecule has 3 atom stereocenters. The molecule has 140 valence electrons. The molecule has 0 radical (unpaired) electrons.